The van der Waals surface area contributed by atoms with Gasteiger partial charge in [0.25, 0.3) is 0 Å². The summed E-state index contributed by atoms with van der Waals surface area (Å²) < 4.78 is 12.5. The van der Waals surface area contributed by atoms with Gasteiger partial charge >= 0.3 is 11.9 Å². The van der Waals surface area contributed by atoms with Crippen LogP contribution in [0.15, 0.2) is 12.2 Å². The van der Waals surface area contributed by atoms with E-state index >= 15 is 0 Å². The van der Waals surface area contributed by atoms with Crippen LogP contribution in [0.3, 0.4) is 0 Å². The average molecular weight is 569 g/mol. The standard InChI is InChI=1S/C32H64O4Si2/c1-21(2)19-31(37(23(5)6,24(7)8)25(9)10)35-29(33)17-18-30(34)36-32(20-22(3)4)38(26(11)12,27(13)14)28(15)16/h17-18,21-28,31-32H,19-20H2,1-16H3/b18-17+. The normalized spacial score (nSPS) is 15.3. The lowest BCUT2D eigenvalue weighted by Gasteiger charge is -2.48. The fraction of sp³-hybridized carbons (Fsp3) is 0.875. The number of rotatable bonds is 16. The molecule has 0 aliphatic carbocycles. The van der Waals surface area contributed by atoms with E-state index in [1.165, 1.54) is 12.2 Å². The summed E-state index contributed by atoms with van der Waals surface area (Å²) in [6.45, 7) is 36.3. The predicted octanol–water partition coefficient (Wildman–Crippen LogP) is 9.89. The molecular formula is C32H64O4Si2. The van der Waals surface area contributed by atoms with E-state index in [9.17, 15) is 9.59 Å². The van der Waals surface area contributed by atoms with Crippen molar-refractivity contribution in [3.8, 4) is 0 Å². The van der Waals surface area contributed by atoms with Crippen LogP contribution in [0.25, 0.3) is 0 Å². The summed E-state index contributed by atoms with van der Waals surface area (Å²) in [6.07, 6.45) is 4.33. The van der Waals surface area contributed by atoms with Crippen LogP contribution in [0.5, 0.6) is 0 Å². The number of hydrogen-bond donors (Lipinski definition) is 0. The van der Waals surface area contributed by atoms with E-state index < -0.39 is 28.1 Å². The van der Waals surface area contributed by atoms with Gasteiger partial charge < -0.3 is 9.47 Å². The minimum absolute atomic E-state index is 0.0905. The van der Waals surface area contributed by atoms with Crippen LogP contribution < -0.4 is 0 Å². The van der Waals surface area contributed by atoms with Gasteiger partial charge in [0, 0.05) is 12.2 Å². The van der Waals surface area contributed by atoms with Crippen LogP contribution in [-0.4, -0.2) is 39.5 Å². The lowest BCUT2D eigenvalue weighted by molar-refractivity contribution is -0.143. The van der Waals surface area contributed by atoms with Crippen LogP contribution in [-0.2, 0) is 19.1 Å². The zero-order valence-corrected chi connectivity index (χ0v) is 30.0. The first-order valence-corrected chi connectivity index (χ1v) is 20.0. The van der Waals surface area contributed by atoms with E-state index in [1.807, 2.05) is 0 Å². The Kier molecular flexibility index (Phi) is 15.4. The third kappa shape index (κ3) is 8.81. The van der Waals surface area contributed by atoms with E-state index in [4.69, 9.17) is 9.47 Å². The Hall–Kier alpha value is -0.886. The number of ether oxygens (including phenoxy) is 2. The molecular weight excluding hydrogens is 505 g/mol. The second-order valence-corrected chi connectivity index (χ2v) is 26.6. The molecule has 0 aliphatic rings. The van der Waals surface area contributed by atoms with Crippen molar-refractivity contribution in [3.05, 3.63) is 12.2 Å². The maximum atomic E-state index is 13.2. The van der Waals surface area contributed by atoms with Gasteiger partial charge in [-0.25, -0.2) is 9.59 Å². The zero-order valence-electron chi connectivity index (χ0n) is 28.0. The molecule has 0 heterocycles. The van der Waals surface area contributed by atoms with Gasteiger partial charge in [0.05, 0.1) is 11.5 Å². The first-order chi connectivity index (χ1) is 17.3. The molecule has 0 fully saturated rings. The first-order valence-electron chi connectivity index (χ1n) is 15.4. The van der Waals surface area contributed by atoms with Crippen molar-refractivity contribution >= 4 is 28.1 Å². The molecule has 224 valence electrons. The average Bonchev–Trinajstić information content (AvgIpc) is 2.70. The Morgan fingerprint density at radius 3 is 0.842 bits per heavy atom. The van der Waals surface area contributed by atoms with E-state index in [2.05, 4.69) is 111 Å². The summed E-state index contributed by atoms with van der Waals surface area (Å²) in [6, 6.07) is 0. The highest BCUT2D eigenvalue weighted by Gasteiger charge is 2.52. The van der Waals surface area contributed by atoms with Crippen LogP contribution in [0.4, 0.5) is 0 Å². The van der Waals surface area contributed by atoms with Gasteiger partial charge in [0.15, 0.2) is 0 Å². The summed E-state index contributed by atoms with van der Waals surface area (Å²) >= 11 is 0. The van der Waals surface area contributed by atoms with Crippen LogP contribution in [0.1, 0.15) is 124 Å². The number of carbonyl (C=O) groups is 2. The molecule has 0 saturated carbocycles. The van der Waals surface area contributed by atoms with Crippen LogP contribution in [0.2, 0.25) is 33.2 Å². The van der Waals surface area contributed by atoms with E-state index in [0.29, 0.717) is 45.1 Å². The van der Waals surface area contributed by atoms with Crippen molar-refractivity contribution in [2.45, 2.75) is 168 Å². The molecule has 0 aliphatic heterocycles. The zero-order chi connectivity index (χ0) is 30.2. The lowest BCUT2D eigenvalue weighted by atomic mass is 10.1. The van der Waals surface area contributed by atoms with Gasteiger partial charge in [-0.05, 0) is 57.9 Å². The van der Waals surface area contributed by atoms with E-state index in [-0.39, 0.29) is 11.5 Å². The minimum atomic E-state index is -2.03. The summed E-state index contributed by atoms with van der Waals surface area (Å²) in [5.41, 5.74) is 2.69. The largest absolute Gasteiger partial charge is 0.463 e. The predicted molar refractivity (Wildman–Crippen MR) is 170 cm³/mol. The SMILES string of the molecule is CC(C)CC(OC(=O)/C=C/C(=O)OC(CC(C)C)[Si](C(C)C)(C(C)C)C(C)C)[Si](C(C)C)(C(C)C)C(C)C. The topological polar surface area (TPSA) is 52.6 Å². The van der Waals surface area contributed by atoms with Gasteiger partial charge in [0.2, 0.25) is 0 Å². The second-order valence-electron chi connectivity index (χ2n) is 14.4. The molecule has 0 N–H and O–H groups in total. The van der Waals surface area contributed by atoms with Crippen LogP contribution in [0, 0.1) is 11.8 Å². The Labute approximate surface area is 239 Å². The Bertz CT molecular complexity index is 645. The van der Waals surface area contributed by atoms with E-state index in [0.717, 1.165) is 12.8 Å². The molecule has 0 aromatic rings. The smallest absolute Gasteiger partial charge is 0.330 e. The lowest BCUT2D eigenvalue weighted by Crippen LogP contribution is -2.57. The van der Waals surface area contributed by atoms with E-state index in [1.54, 1.807) is 0 Å². The quantitative estimate of drug-likeness (QED) is 0.106. The summed E-state index contributed by atoms with van der Waals surface area (Å²) in [7, 11) is -4.07. The number of hydrogen-bond acceptors (Lipinski definition) is 4. The number of carbonyl (C=O) groups excluding carboxylic acids is 2. The van der Waals surface area contributed by atoms with Crippen molar-refractivity contribution in [1.29, 1.82) is 0 Å². The third-order valence-electron chi connectivity index (χ3n) is 9.36. The molecule has 6 heteroatoms. The molecule has 0 rings (SSSR count). The molecule has 2 unspecified atom stereocenters. The van der Waals surface area contributed by atoms with Crippen molar-refractivity contribution < 1.29 is 19.1 Å². The molecule has 38 heavy (non-hydrogen) atoms. The summed E-state index contributed by atoms with van der Waals surface area (Å²) in [4.78, 5) is 26.3. The first kappa shape index (κ1) is 37.1. The maximum Gasteiger partial charge on any atom is 0.330 e. The van der Waals surface area contributed by atoms with Crippen molar-refractivity contribution in [2.24, 2.45) is 11.8 Å². The Balaban J connectivity index is 6.09. The highest BCUT2D eigenvalue weighted by Crippen LogP contribution is 2.47. The van der Waals surface area contributed by atoms with Gasteiger partial charge in [0.1, 0.15) is 16.1 Å². The summed E-state index contributed by atoms with van der Waals surface area (Å²) in [5, 5.41) is 0. The fourth-order valence-corrected chi connectivity index (χ4v) is 23.2. The molecule has 0 spiro atoms. The highest BCUT2D eigenvalue weighted by molar-refractivity contribution is 6.85. The van der Waals surface area contributed by atoms with Gasteiger partial charge in [-0.3, -0.25) is 0 Å². The van der Waals surface area contributed by atoms with Crippen molar-refractivity contribution in [3.63, 3.8) is 0 Å². The molecule has 0 saturated heterocycles. The molecule has 4 nitrogen and oxygen atoms in total. The van der Waals surface area contributed by atoms with Crippen molar-refractivity contribution in [1.82, 2.24) is 0 Å². The van der Waals surface area contributed by atoms with Crippen LogP contribution >= 0.6 is 0 Å². The van der Waals surface area contributed by atoms with Gasteiger partial charge in [-0.1, -0.05) is 111 Å². The maximum absolute atomic E-state index is 13.2. The number of esters is 2. The fourth-order valence-electron chi connectivity index (χ4n) is 8.29. The summed E-state index contributed by atoms with van der Waals surface area (Å²) in [5.74, 6) is -0.00969. The van der Waals surface area contributed by atoms with Gasteiger partial charge in [-0.2, -0.15) is 0 Å². The second kappa shape index (κ2) is 15.8. The molecule has 0 amide bonds. The highest BCUT2D eigenvalue weighted by atomic mass is 28.3. The minimum Gasteiger partial charge on any atom is -0.463 e. The molecule has 0 radical (unpaired) electrons. The molecule has 0 aromatic carbocycles. The molecule has 0 bridgehead atoms. The van der Waals surface area contributed by atoms with Gasteiger partial charge in [-0.15, -0.1) is 0 Å². The molecule has 2 atom stereocenters. The third-order valence-corrected chi connectivity index (χ3v) is 24.3. The monoisotopic (exact) mass is 568 g/mol. The molecule has 0 aromatic heterocycles. The Morgan fingerprint density at radius 1 is 0.474 bits per heavy atom. The Morgan fingerprint density at radius 2 is 0.684 bits per heavy atom. The van der Waals surface area contributed by atoms with Crippen molar-refractivity contribution in [2.75, 3.05) is 0 Å².